The van der Waals surface area contributed by atoms with Gasteiger partial charge in [-0.2, -0.15) is 0 Å². The highest BCUT2D eigenvalue weighted by Gasteiger charge is 2.13. The number of carboxylic acid groups (broad SMARTS) is 1. The second-order valence-electron chi connectivity index (χ2n) is 4.65. The normalized spacial score (nSPS) is 10.3. The maximum atomic E-state index is 11.0. The number of aromatic carboxylic acids is 1. The minimum atomic E-state index is -1.12. The summed E-state index contributed by atoms with van der Waals surface area (Å²) < 4.78 is 0. The van der Waals surface area contributed by atoms with Gasteiger partial charge in [-0.05, 0) is 24.6 Å². The van der Waals surface area contributed by atoms with Crippen molar-refractivity contribution in [1.29, 1.82) is 0 Å². The molecule has 2 rings (SSSR count). The van der Waals surface area contributed by atoms with Gasteiger partial charge in [0.25, 0.3) is 0 Å². The molecular formula is C15H15ClN2O2. The van der Waals surface area contributed by atoms with E-state index in [1.165, 1.54) is 5.56 Å². The van der Waals surface area contributed by atoms with E-state index in [0.29, 0.717) is 12.4 Å². The molecule has 1 N–H and O–H groups in total. The molecule has 0 spiro atoms. The van der Waals surface area contributed by atoms with Gasteiger partial charge < -0.3 is 10.0 Å². The number of nitrogens with zero attached hydrogens (tertiary/aromatic N) is 2. The van der Waals surface area contributed by atoms with Crippen LogP contribution in [0.2, 0.25) is 5.02 Å². The van der Waals surface area contributed by atoms with Crippen molar-refractivity contribution in [3.8, 4) is 0 Å². The average molecular weight is 291 g/mol. The monoisotopic (exact) mass is 290 g/mol. The molecule has 1 aromatic heterocycles. The quantitative estimate of drug-likeness (QED) is 0.938. The third-order valence-electron chi connectivity index (χ3n) is 2.97. The van der Waals surface area contributed by atoms with Crippen LogP contribution in [0.25, 0.3) is 0 Å². The van der Waals surface area contributed by atoms with Gasteiger partial charge in [0.2, 0.25) is 0 Å². The van der Waals surface area contributed by atoms with Crippen molar-refractivity contribution in [3.05, 3.63) is 58.2 Å². The molecule has 0 saturated heterocycles. The molecule has 0 aliphatic rings. The van der Waals surface area contributed by atoms with Crippen molar-refractivity contribution in [2.75, 3.05) is 11.9 Å². The summed E-state index contributed by atoms with van der Waals surface area (Å²) in [7, 11) is 1.86. The van der Waals surface area contributed by atoms with Gasteiger partial charge in [0.05, 0.1) is 5.02 Å². The Labute approximate surface area is 122 Å². The van der Waals surface area contributed by atoms with Crippen LogP contribution in [0.15, 0.2) is 36.4 Å². The van der Waals surface area contributed by atoms with Crippen molar-refractivity contribution in [2.24, 2.45) is 0 Å². The number of hydrogen-bond donors (Lipinski definition) is 1. The van der Waals surface area contributed by atoms with E-state index < -0.39 is 5.97 Å². The lowest BCUT2D eigenvalue weighted by atomic mass is 10.1. The van der Waals surface area contributed by atoms with Crippen LogP contribution in [-0.4, -0.2) is 23.1 Å². The summed E-state index contributed by atoms with van der Waals surface area (Å²) in [5, 5.41) is 9.17. The van der Waals surface area contributed by atoms with E-state index in [1.807, 2.05) is 43.1 Å². The number of aromatic nitrogens is 1. The predicted molar refractivity (Wildman–Crippen MR) is 79.5 cm³/mol. The van der Waals surface area contributed by atoms with Crippen LogP contribution in [0.4, 0.5) is 5.82 Å². The Bertz CT molecular complexity index is 626. The van der Waals surface area contributed by atoms with Gasteiger partial charge in [-0.3, -0.25) is 0 Å². The molecule has 1 aromatic carbocycles. The van der Waals surface area contributed by atoms with Gasteiger partial charge in [0.15, 0.2) is 5.69 Å². The van der Waals surface area contributed by atoms with E-state index in [9.17, 15) is 4.79 Å². The topological polar surface area (TPSA) is 53.4 Å². The molecule has 4 nitrogen and oxygen atoms in total. The highest BCUT2D eigenvalue weighted by molar-refractivity contribution is 6.33. The van der Waals surface area contributed by atoms with E-state index in [-0.39, 0.29) is 10.7 Å². The fraction of sp³-hybridized carbons (Fsp3) is 0.200. The molecule has 0 bridgehead atoms. The van der Waals surface area contributed by atoms with Crippen LogP contribution in [0.1, 0.15) is 21.6 Å². The highest BCUT2D eigenvalue weighted by Crippen LogP contribution is 2.20. The first-order valence-electron chi connectivity index (χ1n) is 6.14. The molecule has 20 heavy (non-hydrogen) atoms. The van der Waals surface area contributed by atoms with Crippen molar-refractivity contribution in [1.82, 2.24) is 4.98 Å². The summed E-state index contributed by atoms with van der Waals surface area (Å²) in [5.41, 5.74) is 2.21. The summed E-state index contributed by atoms with van der Waals surface area (Å²) in [4.78, 5) is 17.0. The number of rotatable bonds is 4. The number of carbonyl (C=O) groups is 1. The molecular weight excluding hydrogens is 276 g/mol. The molecule has 0 aliphatic carbocycles. The predicted octanol–water partition coefficient (Wildman–Crippen LogP) is 3.38. The molecule has 0 atom stereocenters. The largest absolute Gasteiger partial charge is 0.476 e. The lowest BCUT2D eigenvalue weighted by Gasteiger charge is -2.19. The number of pyridine rings is 1. The molecule has 0 amide bonds. The Balaban J connectivity index is 2.20. The average Bonchev–Trinajstić information content (AvgIpc) is 2.41. The Hall–Kier alpha value is -2.07. The van der Waals surface area contributed by atoms with Crippen LogP contribution < -0.4 is 4.90 Å². The van der Waals surface area contributed by atoms with Crippen LogP contribution in [0, 0.1) is 6.92 Å². The SMILES string of the molecule is Cc1ccc(CN(C)c2ccc(Cl)c(C(=O)O)n2)cc1. The molecule has 0 aliphatic heterocycles. The molecule has 2 aromatic rings. The minimum Gasteiger partial charge on any atom is -0.476 e. The summed E-state index contributed by atoms with van der Waals surface area (Å²) in [6, 6.07) is 11.4. The third kappa shape index (κ3) is 3.27. The Kier molecular flexibility index (Phi) is 4.25. The highest BCUT2D eigenvalue weighted by atomic mass is 35.5. The first-order chi connectivity index (χ1) is 9.47. The number of hydrogen-bond acceptors (Lipinski definition) is 3. The van der Waals surface area contributed by atoms with Gasteiger partial charge in [-0.15, -0.1) is 0 Å². The van der Waals surface area contributed by atoms with Gasteiger partial charge in [-0.1, -0.05) is 41.4 Å². The maximum Gasteiger partial charge on any atom is 0.356 e. The second kappa shape index (κ2) is 5.92. The number of halogens is 1. The molecule has 0 radical (unpaired) electrons. The molecule has 104 valence electrons. The molecule has 0 saturated carbocycles. The van der Waals surface area contributed by atoms with Crippen molar-refractivity contribution < 1.29 is 9.90 Å². The van der Waals surface area contributed by atoms with Gasteiger partial charge in [0, 0.05) is 13.6 Å². The van der Waals surface area contributed by atoms with E-state index in [1.54, 1.807) is 12.1 Å². The first-order valence-corrected chi connectivity index (χ1v) is 6.51. The molecule has 0 fully saturated rings. The zero-order valence-corrected chi connectivity index (χ0v) is 12.1. The summed E-state index contributed by atoms with van der Waals surface area (Å²) in [6.07, 6.45) is 0. The second-order valence-corrected chi connectivity index (χ2v) is 5.05. The molecule has 5 heteroatoms. The number of anilines is 1. The molecule has 1 heterocycles. The fourth-order valence-corrected chi connectivity index (χ4v) is 2.03. The van der Waals surface area contributed by atoms with Crippen LogP contribution in [-0.2, 0) is 6.54 Å². The van der Waals surface area contributed by atoms with Gasteiger partial charge in [-0.25, -0.2) is 9.78 Å². The number of aryl methyl sites for hydroxylation is 1. The Morgan fingerprint density at radius 1 is 1.25 bits per heavy atom. The summed E-state index contributed by atoms with van der Waals surface area (Å²) in [5.74, 6) is -0.548. The first kappa shape index (κ1) is 14.3. The van der Waals surface area contributed by atoms with Crippen LogP contribution >= 0.6 is 11.6 Å². The smallest absolute Gasteiger partial charge is 0.356 e. The Morgan fingerprint density at radius 2 is 1.90 bits per heavy atom. The zero-order chi connectivity index (χ0) is 14.7. The van der Waals surface area contributed by atoms with E-state index in [0.717, 1.165) is 5.56 Å². The molecule has 0 unspecified atom stereocenters. The van der Waals surface area contributed by atoms with E-state index in [2.05, 4.69) is 4.98 Å². The number of carboxylic acids is 1. The summed E-state index contributed by atoms with van der Waals surface area (Å²) in [6.45, 7) is 2.68. The lowest BCUT2D eigenvalue weighted by Crippen LogP contribution is -2.18. The van der Waals surface area contributed by atoms with E-state index in [4.69, 9.17) is 16.7 Å². The minimum absolute atomic E-state index is 0.125. The maximum absolute atomic E-state index is 11.0. The lowest BCUT2D eigenvalue weighted by molar-refractivity contribution is 0.0691. The van der Waals surface area contributed by atoms with Crippen molar-refractivity contribution in [2.45, 2.75) is 13.5 Å². The van der Waals surface area contributed by atoms with Crippen LogP contribution in [0.5, 0.6) is 0 Å². The zero-order valence-electron chi connectivity index (χ0n) is 11.3. The summed E-state index contributed by atoms with van der Waals surface area (Å²) >= 11 is 5.81. The van der Waals surface area contributed by atoms with Gasteiger partial charge >= 0.3 is 5.97 Å². The fourth-order valence-electron chi connectivity index (χ4n) is 1.84. The third-order valence-corrected chi connectivity index (χ3v) is 3.27. The van der Waals surface area contributed by atoms with E-state index >= 15 is 0 Å². The standard InChI is InChI=1S/C15H15ClN2O2/c1-10-3-5-11(6-4-10)9-18(2)13-8-7-12(16)14(17-13)15(19)20/h3-8H,9H2,1-2H3,(H,19,20). The van der Waals surface area contributed by atoms with Crippen LogP contribution in [0.3, 0.4) is 0 Å². The van der Waals surface area contributed by atoms with Crippen molar-refractivity contribution in [3.63, 3.8) is 0 Å². The van der Waals surface area contributed by atoms with Gasteiger partial charge in [0.1, 0.15) is 5.82 Å². The van der Waals surface area contributed by atoms with Crippen molar-refractivity contribution >= 4 is 23.4 Å². The Morgan fingerprint density at radius 3 is 2.50 bits per heavy atom. The number of benzene rings is 1.